The zero-order valence-corrected chi connectivity index (χ0v) is 22.4. The van der Waals surface area contributed by atoms with Gasteiger partial charge in [0.05, 0.1) is 17.1 Å². The second-order valence-corrected chi connectivity index (χ2v) is 10.7. The van der Waals surface area contributed by atoms with Crippen molar-refractivity contribution in [1.29, 1.82) is 0 Å². The normalized spacial score (nSPS) is 22.4. The van der Waals surface area contributed by atoms with E-state index in [0.717, 1.165) is 6.42 Å². The molecule has 2 fully saturated rings. The van der Waals surface area contributed by atoms with Gasteiger partial charge in [-0.3, -0.25) is 9.59 Å². The molecule has 0 aliphatic carbocycles. The Morgan fingerprint density at radius 1 is 1.32 bits per heavy atom. The molecule has 38 heavy (non-hydrogen) atoms. The van der Waals surface area contributed by atoms with Crippen molar-refractivity contribution >= 4 is 29.2 Å². The number of nitrogens with zero attached hydrogens (tertiary/aromatic N) is 4. The van der Waals surface area contributed by atoms with Gasteiger partial charge in [-0.1, -0.05) is 24.2 Å². The number of anilines is 1. The third kappa shape index (κ3) is 4.06. The first kappa shape index (κ1) is 26.2. The molecule has 5 rings (SSSR count). The van der Waals surface area contributed by atoms with E-state index in [-0.39, 0.29) is 64.4 Å². The lowest BCUT2D eigenvalue weighted by Gasteiger charge is -2.40. The Morgan fingerprint density at radius 2 is 2.08 bits per heavy atom. The third-order valence-corrected chi connectivity index (χ3v) is 8.31. The van der Waals surface area contributed by atoms with E-state index in [4.69, 9.17) is 21.3 Å². The van der Waals surface area contributed by atoms with E-state index in [1.807, 2.05) is 11.9 Å². The molecule has 0 bridgehead atoms. The van der Waals surface area contributed by atoms with Crippen LogP contribution in [0.1, 0.15) is 30.6 Å². The summed E-state index contributed by atoms with van der Waals surface area (Å²) in [6.07, 6.45) is 2.05. The third-order valence-electron chi connectivity index (χ3n) is 7.96. The summed E-state index contributed by atoms with van der Waals surface area (Å²) in [4.78, 5) is 36.5. The van der Waals surface area contributed by atoms with Crippen molar-refractivity contribution in [2.24, 2.45) is 0 Å². The van der Waals surface area contributed by atoms with Gasteiger partial charge in [-0.25, -0.2) is 9.37 Å². The van der Waals surface area contributed by atoms with E-state index in [1.54, 1.807) is 9.80 Å². The van der Waals surface area contributed by atoms with Crippen LogP contribution in [0.5, 0.6) is 11.5 Å². The molecule has 4 heterocycles. The van der Waals surface area contributed by atoms with Gasteiger partial charge in [0, 0.05) is 32.2 Å². The number of piperazine rings is 1. The smallest absolute Gasteiger partial charge is 0.261 e. The number of carbonyl (C=O) groups is 2. The second-order valence-electron chi connectivity index (χ2n) is 10.3. The van der Waals surface area contributed by atoms with Crippen LogP contribution in [0.4, 0.5) is 10.2 Å². The SMILES string of the molecule is C=CC(=O)N1CCN2C(=O)c3c(N4CCC(NC)C4(C)C)nc(-c4c(O)cccc4F)c(Cl)c3OC[C@H]2C1. The highest BCUT2D eigenvalue weighted by atomic mass is 35.5. The lowest BCUT2D eigenvalue weighted by molar-refractivity contribution is -0.128. The lowest BCUT2D eigenvalue weighted by Crippen LogP contribution is -2.57. The lowest BCUT2D eigenvalue weighted by atomic mass is 9.95. The fourth-order valence-corrected chi connectivity index (χ4v) is 6.13. The van der Waals surface area contributed by atoms with Crippen LogP contribution in [0.2, 0.25) is 5.02 Å². The van der Waals surface area contributed by atoms with Gasteiger partial charge in [-0.2, -0.15) is 0 Å². The summed E-state index contributed by atoms with van der Waals surface area (Å²) in [7, 11) is 1.89. The van der Waals surface area contributed by atoms with Crippen molar-refractivity contribution in [3.63, 3.8) is 0 Å². The number of pyridine rings is 1. The highest BCUT2D eigenvalue weighted by Gasteiger charge is 2.46. The van der Waals surface area contributed by atoms with Gasteiger partial charge in [0.25, 0.3) is 5.91 Å². The van der Waals surface area contributed by atoms with Crippen LogP contribution in [-0.4, -0.2) is 89.2 Å². The van der Waals surface area contributed by atoms with Crippen LogP contribution < -0.4 is 15.0 Å². The topological polar surface area (TPSA) is 98.2 Å². The minimum atomic E-state index is -0.699. The number of halogens is 2. The summed E-state index contributed by atoms with van der Waals surface area (Å²) < 4.78 is 21.2. The number of fused-ring (bicyclic) bond motifs is 2. The molecule has 9 nitrogen and oxygen atoms in total. The Balaban J connectivity index is 1.70. The van der Waals surface area contributed by atoms with Gasteiger partial charge in [-0.05, 0) is 45.5 Å². The molecule has 2 atom stereocenters. The minimum absolute atomic E-state index is 0.00384. The van der Waals surface area contributed by atoms with E-state index in [1.165, 1.54) is 24.3 Å². The van der Waals surface area contributed by atoms with Crippen molar-refractivity contribution in [2.75, 3.05) is 44.7 Å². The zero-order valence-electron chi connectivity index (χ0n) is 21.6. The van der Waals surface area contributed by atoms with Crippen LogP contribution in [0.25, 0.3) is 11.3 Å². The molecule has 2 amide bonds. The van der Waals surface area contributed by atoms with Crippen LogP contribution in [0, 0.1) is 5.82 Å². The number of amides is 2. The molecule has 202 valence electrons. The summed E-state index contributed by atoms with van der Waals surface area (Å²) in [5.74, 6) is -1.14. The Kier molecular flexibility index (Phi) is 6.73. The fourth-order valence-electron chi connectivity index (χ4n) is 5.85. The van der Waals surface area contributed by atoms with Crippen LogP contribution in [-0.2, 0) is 4.79 Å². The average molecular weight is 544 g/mol. The van der Waals surface area contributed by atoms with E-state index in [9.17, 15) is 14.7 Å². The molecule has 1 aromatic carbocycles. The summed E-state index contributed by atoms with van der Waals surface area (Å²) in [5.41, 5.74) is -0.426. The highest BCUT2D eigenvalue weighted by molar-refractivity contribution is 6.35. The predicted octanol–water partition coefficient (Wildman–Crippen LogP) is 3.05. The van der Waals surface area contributed by atoms with Gasteiger partial charge in [-0.15, -0.1) is 0 Å². The summed E-state index contributed by atoms with van der Waals surface area (Å²) in [6.45, 7) is 9.27. The highest BCUT2D eigenvalue weighted by Crippen LogP contribution is 2.48. The number of aromatic nitrogens is 1. The number of phenols is 1. The summed E-state index contributed by atoms with van der Waals surface area (Å²) in [5, 5.41) is 13.8. The summed E-state index contributed by atoms with van der Waals surface area (Å²) in [6, 6.07) is 3.65. The molecule has 11 heteroatoms. The Bertz CT molecular complexity index is 1300. The van der Waals surface area contributed by atoms with Crippen molar-refractivity contribution < 1.29 is 23.8 Å². The molecule has 3 aliphatic rings. The summed E-state index contributed by atoms with van der Waals surface area (Å²) >= 11 is 6.80. The van der Waals surface area contributed by atoms with Gasteiger partial charge in [0.15, 0.2) is 5.75 Å². The first-order valence-corrected chi connectivity index (χ1v) is 13.0. The first-order valence-electron chi connectivity index (χ1n) is 12.6. The maximum atomic E-state index is 15.0. The van der Waals surface area contributed by atoms with Crippen molar-refractivity contribution in [1.82, 2.24) is 20.1 Å². The number of carbonyl (C=O) groups excluding carboxylic acids is 2. The Morgan fingerprint density at radius 3 is 2.74 bits per heavy atom. The quantitative estimate of drug-likeness (QED) is 0.572. The van der Waals surface area contributed by atoms with Gasteiger partial charge in [0.2, 0.25) is 5.91 Å². The van der Waals surface area contributed by atoms with Gasteiger partial charge < -0.3 is 29.9 Å². The van der Waals surface area contributed by atoms with Crippen molar-refractivity contribution in [2.45, 2.75) is 37.9 Å². The van der Waals surface area contributed by atoms with Crippen LogP contribution in [0.15, 0.2) is 30.9 Å². The Hall–Kier alpha value is -3.37. The molecule has 0 saturated carbocycles. The second kappa shape index (κ2) is 9.74. The monoisotopic (exact) mass is 543 g/mol. The zero-order chi connectivity index (χ0) is 27.4. The number of rotatable bonds is 4. The van der Waals surface area contributed by atoms with Crippen LogP contribution >= 0.6 is 11.6 Å². The minimum Gasteiger partial charge on any atom is -0.507 e. The number of ether oxygens (including phenoxy) is 1. The van der Waals surface area contributed by atoms with Crippen molar-refractivity contribution in [3.8, 4) is 22.8 Å². The van der Waals surface area contributed by atoms with Crippen molar-refractivity contribution in [3.05, 3.63) is 47.3 Å². The molecule has 0 radical (unpaired) electrons. The largest absolute Gasteiger partial charge is 0.507 e. The molecule has 1 unspecified atom stereocenters. The fraction of sp³-hybridized carbons (Fsp3) is 0.444. The first-order chi connectivity index (χ1) is 18.1. The number of phenolic OH excluding ortho intramolecular Hbond substituents is 1. The molecular formula is C27H31ClFN5O4. The number of hydrogen-bond acceptors (Lipinski definition) is 7. The molecule has 2 N–H and O–H groups in total. The van der Waals surface area contributed by atoms with Gasteiger partial charge >= 0.3 is 0 Å². The maximum Gasteiger partial charge on any atom is 0.261 e. The van der Waals surface area contributed by atoms with Crippen LogP contribution in [0.3, 0.4) is 0 Å². The number of aromatic hydroxyl groups is 1. The number of hydrogen-bond donors (Lipinski definition) is 2. The number of likely N-dealkylation sites (N-methyl/N-ethyl adjacent to an activating group) is 1. The molecular weight excluding hydrogens is 513 g/mol. The molecule has 2 saturated heterocycles. The number of benzene rings is 1. The average Bonchev–Trinajstić information content (AvgIpc) is 3.11. The van der Waals surface area contributed by atoms with E-state index in [2.05, 4.69) is 25.7 Å². The molecule has 3 aliphatic heterocycles. The predicted molar refractivity (Wildman–Crippen MR) is 142 cm³/mol. The standard InChI is InChI=1S/C27H31ClFN5O4/c1-5-19(36)32-11-12-33-15(13-32)14-38-24-21(26(33)37)25(34-10-9-18(30-4)27(34,2)3)31-23(22(24)28)20-16(29)7-6-8-17(20)35/h5-8,15,18,30,35H,1,9-14H2,2-4H3/t15-,18?/m1/s1. The molecule has 1 aromatic heterocycles. The van der Waals surface area contributed by atoms with E-state index in [0.29, 0.717) is 25.5 Å². The maximum absolute atomic E-state index is 15.0. The van der Waals surface area contributed by atoms with E-state index < -0.39 is 17.4 Å². The van der Waals surface area contributed by atoms with E-state index >= 15 is 4.39 Å². The van der Waals surface area contributed by atoms with Gasteiger partial charge in [0.1, 0.15) is 40.3 Å². The number of nitrogens with one attached hydrogen (secondary N) is 1. The molecule has 0 spiro atoms. The Labute approximate surface area is 225 Å². The molecule has 2 aromatic rings.